The Morgan fingerprint density at radius 2 is 2.09 bits per heavy atom. The van der Waals surface area contributed by atoms with Crippen LogP contribution in [0.1, 0.15) is 16.8 Å². The fourth-order valence-corrected chi connectivity index (χ4v) is 2.48. The second-order valence-electron chi connectivity index (χ2n) is 4.32. The van der Waals surface area contributed by atoms with Crippen molar-refractivity contribution in [3.05, 3.63) is 29.8 Å². The van der Waals surface area contributed by atoms with Crippen LogP contribution in [-0.2, 0) is 11.8 Å². The molecule has 0 aliphatic rings. The number of benzene rings is 1. The summed E-state index contributed by atoms with van der Waals surface area (Å²) >= 11 is 1.18. The van der Waals surface area contributed by atoms with E-state index in [1.807, 2.05) is 0 Å². The molecule has 0 fully saturated rings. The van der Waals surface area contributed by atoms with Gasteiger partial charge in [0, 0.05) is 17.9 Å². The highest BCUT2D eigenvalue weighted by Crippen LogP contribution is 2.21. The molecular weight excluding hydrogens is 310 g/mol. The zero-order chi connectivity index (χ0) is 16.1. The fourth-order valence-electron chi connectivity index (χ4n) is 1.62. The van der Waals surface area contributed by atoms with Crippen LogP contribution in [0, 0.1) is 0 Å². The summed E-state index contributed by atoms with van der Waals surface area (Å²) in [7, 11) is 1.58. The molecular formula is C13H13N3O5S. The molecule has 22 heavy (non-hydrogen) atoms. The first-order chi connectivity index (χ1) is 10.5. The average Bonchev–Trinajstić information content (AvgIpc) is 2.79. The van der Waals surface area contributed by atoms with Gasteiger partial charge in [-0.15, -0.1) is 0 Å². The minimum absolute atomic E-state index is 0.150. The van der Waals surface area contributed by atoms with Crippen molar-refractivity contribution in [1.82, 2.24) is 5.27 Å². The number of aromatic carboxylic acids is 1. The zero-order valence-corrected chi connectivity index (χ0v) is 12.4. The molecule has 0 atom stereocenters. The van der Waals surface area contributed by atoms with E-state index in [9.17, 15) is 14.7 Å². The van der Waals surface area contributed by atoms with Gasteiger partial charge in [-0.25, -0.2) is 4.79 Å². The zero-order valence-electron chi connectivity index (χ0n) is 11.6. The fraction of sp³-hybridized carbons (Fsp3) is 0.231. The number of anilines is 1. The van der Waals surface area contributed by atoms with Gasteiger partial charge in [0.2, 0.25) is 5.91 Å². The van der Waals surface area contributed by atoms with Crippen LogP contribution < -0.4 is 15.1 Å². The predicted octanol–water partition coefficient (Wildman–Crippen LogP) is 0.392. The van der Waals surface area contributed by atoms with E-state index < -0.39 is 11.9 Å². The maximum Gasteiger partial charge on any atom is 0.335 e. The van der Waals surface area contributed by atoms with E-state index in [2.05, 4.69) is 15.1 Å². The number of nitrogens with one attached hydrogen (secondary N) is 1. The van der Waals surface area contributed by atoms with E-state index in [-0.39, 0.29) is 17.9 Å². The number of carbonyl (C=O) groups excluding carboxylic acids is 1. The number of hydrogen-bond donors (Lipinski definition) is 2. The number of thioether (sulfide) groups is 1. The largest absolute Gasteiger partial charge is 0.538 e. The molecule has 0 radical (unpaired) electrons. The molecule has 2 N–H and O–H groups in total. The van der Waals surface area contributed by atoms with Gasteiger partial charge in [0.05, 0.1) is 10.8 Å². The molecule has 1 aromatic carbocycles. The molecule has 9 heteroatoms. The van der Waals surface area contributed by atoms with E-state index in [1.165, 1.54) is 40.7 Å². The maximum atomic E-state index is 11.8. The number of hydrogen-bond acceptors (Lipinski definition) is 6. The smallest absolute Gasteiger partial charge is 0.335 e. The molecule has 2 aromatic rings. The molecule has 0 aliphatic heterocycles. The third-order valence-electron chi connectivity index (χ3n) is 2.70. The first-order valence-corrected chi connectivity index (χ1v) is 7.25. The van der Waals surface area contributed by atoms with E-state index in [1.54, 1.807) is 7.05 Å². The first kappa shape index (κ1) is 15.8. The third-order valence-corrected chi connectivity index (χ3v) is 3.81. The summed E-state index contributed by atoms with van der Waals surface area (Å²) in [5, 5.41) is 26.5. The van der Waals surface area contributed by atoms with Crippen molar-refractivity contribution in [3.63, 3.8) is 0 Å². The van der Waals surface area contributed by atoms with Gasteiger partial charge in [-0.05, 0) is 24.3 Å². The lowest BCUT2D eigenvalue weighted by Crippen LogP contribution is -2.32. The number of carbonyl (C=O) groups is 2. The lowest BCUT2D eigenvalue weighted by Gasteiger charge is -2.05. The molecule has 0 saturated carbocycles. The topological polar surface area (TPSA) is 119 Å². The Morgan fingerprint density at radius 1 is 1.41 bits per heavy atom. The number of carboxylic acid groups (broad SMARTS) is 1. The number of rotatable bonds is 6. The quantitative estimate of drug-likeness (QED) is 0.583. The molecule has 1 aromatic heterocycles. The normalized spacial score (nSPS) is 10.4. The first-order valence-electron chi connectivity index (χ1n) is 6.26. The summed E-state index contributed by atoms with van der Waals surface area (Å²) in [5.74, 6) is -1.40. The lowest BCUT2D eigenvalue weighted by molar-refractivity contribution is -0.772. The molecule has 1 amide bonds. The lowest BCUT2D eigenvalue weighted by atomic mass is 10.2. The molecule has 0 unspecified atom stereocenters. The van der Waals surface area contributed by atoms with Gasteiger partial charge in [0.15, 0.2) is 13.0 Å². The number of aromatic nitrogens is 2. The van der Waals surface area contributed by atoms with E-state index in [4.69, 9.17) is 5.11 Å². The molecule has 0 saturated heterocycles. The maximum absolute atomic E-state index is 11.8. The summed E-state index contributed by atoms with van der Waals surface area (Å²) in [4.78, 5) is 22.5. The van der Waals surface area contributed by atoms with Gasteiger partial charge >= 0.3 is 5.97 Å². The Balaban J connectivity index is 1.82. The van der Waals surface area contributed by atoms with Crippen LogP contribution >= 0.6 is 11.8 Å². The van der Waals surface area contributed by atoms with Crippen molar-refractivity contribution in [2.45, 2.75) is 11.4 Å². The van der Waals surface area contributed by atoms with E-state index >= 15 is 0 Å². The van der Waals surface area contributed by atoms with Crippen LogP contribution in [0.4, 0.5) is 5.69 Å². The van der Waals surface area contributed by atoms with Gasteiger partial charge in [0.1, 0.15) is 0 Å². The monoisotopic (exact) mass is 323 g/mol. The molecule has 0 spiro atoms. The van der Waals surface area contributed by atoms with Crippen molar-refractivity contribution in [3.8, 4) is 5.95 Å². The van der Waals surface area contributed by atoms with Crippen molar-refractivity contribution in [2.75, 3.05) is 11.1 Å². The third kappa shape index (κ3) is 3.98. The van der Waals surface area contributed by atoms with Crippen molar-refractivity contribution >= 4 is 29.3 Å². The van der Waals surface area contributed by atoms with Crippen molar-refractivity contribution in [2.24, 2.45) is 7.05 Å². The number of amides is 1. The summed E-state index contributed by atoms with van der Waals surface area (Å²) < 4.78 is 5.78. The Hall–Kier alpha value is -2.55. The summed E-state index contributed by atoms with van der Waals surface area (Å²) in [6, 6.07) is 5.86. The Labute approximate surface area is 129 Å². The number of carboxylic acids is 1. The Kier molecular flexibility index (Phi) is 4.99. The van der Waals surface area contributed by atoms with Crippen LogP contribution in [0.5, 0.6) is 5.95 Å². The minimum atomic E-state index is -1.02. The van der Waals surface area contributed by atoms with Gasteiger partial charge in [0.25, 0.3) is 5.03 Å². The Bertz CT molecular complexity index is 664. The SMILES string of the molecule is C[n+]1noc([O-])c1SCCC(=O)Nc1ccc(C(=O)O)cc1. The molecule has 2 rings (SSSR count). The van der Waals surface area contributed by atoms with E-state index in [0.717, 1.165) is 0 Å². The van der Waals surface area contributed by atoms with Crippen LogP contribution in [0.15, 0.2) is 33.8 Å². The van der Waals surface area contributed by atoms with Crippen LogP contribution in [0.2, 0.25) is 0 Å². The molecule has 1 heterocycles. The van der Waals surface area contributed by atoms with Gasteiger partial charge < -0.3 is 20.1 Å². The highest BCUT2D eigenvalue weighted by molar-refractivity contribution is 7.99. The molecule has 116 valence electrons. The van der Waals surface area contributed by atoms with E-state index in [0.29, 0.717) is 16.5 Å². The van der Waals surface area contributed by atoms with Gasteiger partial charge in [-0.1, -0.05) is 16.4 Å². The molecule has 0 bridgehead atoms. The van der Waals surface area contributed by atoms with Crippen molar-refractivity contribution in [1.29, 1.82) is 0 Å². The second kappa shape index (κ2) is 6.94. The molecule has 0 aliphatic carbocycles. The average molecular weight is 323 g/mol. The van der Waals surface area contributed by atoms with Gasteiger partial charge in [-0.3, -0.25) is 4.79 Å². The number of nitrogens with zero attached hydrogens (tertiary/aromatic N) is 2. The van der Waals surface area contributed by atoms with Gasteiger partial charge in [-0.2, -0.15) is 0 Å². The number of aryl methyl sites for hydroxylation is 1. The van der Waals surface area contributed by atoms with Crippen LogP contribution in [0.3, 0.4) is 0 Å². The summed E-state index contributed by atoms with van der Waals surface area (Å²) in [5.41, 5.74) is 0.663. The second-order valence-corrected chi connectivity index (χ2v) is 5.40. The standard InChI is InChI=1S/C13H13N3O5S/c1-16-11(13(20)21-15-16)22-7-6-10(17)14-9-4-2-8(3-5-9)12(18)19/h2-5H,6-7H2,1H3,(H2-,14,15,17,18,19,20). The van der Waals surface area contributed by atoms with Crippen LogP contribution in [0.25, 0.3) is 0 Å². The molecule has 8 nitrogen and oxygen atoms in total. The Morgan fingerprint density at radius 3 is 2.64 bits per heavy atom. The van der Waals surface area contributed by atoms with Crippen LogP contribution in [-0.4, -0.2) is 28.0 Å². The highest BCUT2D eigenvalue weighted by atomic mass is 32.2. The van der Waals surface area contributed by atoms with Crippen molar-refractivity contribution < 1.29 is 29.0 Å². The highest BCUT2D eigenvalue weighted by Gasteiger charge is 2.14. The summed E-state index contributed by atoms with van der Waals surface area (Å²) in [6.45, 7) is 0. The summed E-state index contributed by atoms with van der Waals surface area (Å²) in [6.07, 6.45) is 0.190. The predicted molar refractivity (Wildman–Crippen MR) is 74.5 cm³/mol. The minimum Gasteiger partial charge on any atom is -0.538 e.